The Kier molecular flexibility index (Phi) is 6.48. The van der Waals surface area contributed by atoms with Crippen molar-refractivity contribution in [3.05, 3.63) is 23.8 Å². The summed E-state index contributed by atoms with van der Waals surface area (Å²) in [5.74, 6) is -0.559. The number of aliphatic hydroxyl groups is 1. The van der Waals surface area contributed by atoms with Crippen molar-refractivity contribution in [3.63, 3.8) is 0 Å². The minimum Gasteiger partial charge on any atom is -0.497 e. The highest BCUT2D eigenvalue weighted by Crippen LogP contribution is 2.24. The van der Waals surface area contributed by atoms with Crippen LogP contribution in [0, 0.1) is 0 Å². The zero-order chi connectivity index (χ0) is 15.8. The van der Waals surface area contributed by atoms with E-state index in [-0.39, 0.29) is 19.4 Å². The van der Waals surface area contributed by atoms with Gasteiger partial charge in [-0.3, -0.25) is 4.79 Å². The molecular weight excluding hydrogens is 278 g/mol. The van der Waals surface area contributed by atoms with E-state index in [1.807, 2.05) is 0 Å². The first-order chi connectivity index (χ1) is 10.0. The van der Waals surface area contributed by atoms with Gasteiger partial charge in [0, 0.05) is 24.7 Å². The highest BCUT2D eigenvalue weighted by molar-refractivity contribution is 5.85. The number of aliphatic carboxylic acids is 1. The zero-order valence-corrected chi connectivity index (χ0v) is 12.0. The minimum atomic E-state index is -1.18. The molecule has 1 aromatic carbocycles. The monoisotopic (exact) mass is 297 g/mol. The second-order valence-electron chi connectivity index (χ2n) is 4.33. The van der Waals surface area contributed by atoms with Gasteiger partial charge in [0.1, 0.15) is 17.5 Å². The molecule has 0 fully saturated rings. The first-order valence-electron chi connectivity index (χ1n) is 6.35. The number of aliphatic hydroxyl groups excluding tert-OH is 1. The SMILES string of the molecule is COc1ccc(CC(=O)NC(CCO)C(=O)O)c(OC)c1. The molecule has 0 aliphatic rings. The van der Waals surface area contributed by atoms with Crippen LogP contribution >= 0.6 is 0 Å². The summed E-state index contributed by atoms with van der Waals surface area (Å²) in [7, 11) is 3.00. The molecule has 3 N–H and O–H groups in total. The predicted octanol–water partition coefficient (Wildman–Crippen LogP) is 0.198. The Morgan fingerprint density at radius 1 is 1.29 bits per heavy atom. The van der Waals surface area contributed by atoms with Gasteiger partial charge < -0.3 is 25.0 Å². The maximum atomic E-state index is 11.9. The van der Waals surface area contributed by atoms with E-state index in [0.717, 1.165) is 0 Å². The fourth-order valence-electron chi connectivity index (χ4n) is 1.80. The molecule has 0 aromatic heterocycles. The summed E-state index contributed by atoms with van der Waals surface area (Å²) in [5, 5.41) is 20.1. The number of nitrogens with one attached hydrogen (secondary N) is 1. The summed E-state index contributed by atoms with van der Waals surface area (Å²) in [6, 6.07) is 3.91. The van der Waals surface area contributed by atoms with E-state index < -0.39 is 17.9 Å². The number of carboxylic acids is 1. The number of amides is 1. The van der Waals surface area contributed by atoms with Crippen LogP contribution in [-0.2, 0) is 16.0 Å². The van der Waals surface area contributed by atoms with Gasteiger partial charge in [0.2, 0.25) is 5.91 Å². The first-order valence-corrected chi connectivity index (χ1v) is 6.35. The van der Waals surface area contributed by atoms with Crippen LogP contribution in [0.5, 0.6) is 11.5 Å². The Morgan fingerprint density at radius 3 is 2.52 bits per heavy atom. The summed E-state index contributed by atoms with van der Waals surface area (Å²) < 4.78 is 10.2. The second kappa shape index (κ2) is 8.11. The van der Waals surface area contributed by atoms with Crippen LogP contribution in [0.3, 0.4) is 0 Å². The molecule has 0 saturated carbocycles. The van der Waals surface area contributed by atoms with Gasteiger partial charge in [-0.2, -0.15) is 0 Å². The van der Waals surface area contributed by atoms with Crippen LogP contribution in [-0.4, -0.2) is 49.0 Å². The normalized spacial score (nSPS) is 11.6. The van der Waals surface area contributed by atoms with Crippen molar-refractivity contribution >= 4 is 11.9 Å². The largest absolute Gasteiger partial charge is 0.497 e. The molecule has 116 valence electrons. The number of carbonyl (C=O) groups is 2. The lowest BCUT2D eigenvalue weighted by Crippen LogP contribution is -2.42. The number of hydrogen-bond donors (Lipinski definition) is 3. The van der Waals surface area contributed by atoms with Gasteiger partial charge in [-0.25, -0.2) is 4.79 Å². The van der Waals surface area contributed by atoms with Crippen LogP contribution in [0.4, 0.5) is 0 Å². The van der Waals surface area contributed by atoms with Gasteiger partial charge in [-0.05, 0) is 6.07 Å². The van der Waals surface area contributed by atoms with Gasteiger partial charge in [0.15, 0.2) is 0 Å². The van der Waals surface area contributed by atoms with E-state index >= 15 is 0 Å². The van der Waals surface area contributed by atoms with E-state index in [0.29, 0.717) is 17.1 Å². The zero-order valence-electron chi connectivity index (χ0n) is 12.0. The summed E-state index contributed by atoms with van der Waals surface area (Å²) >= 11 is 0. The molecule has 1 amide bonds. The third-order valence-corrected chi connectivity index (χ3v) is 2.90. The average molecular weight is 297 g/mol. The van der Waals surface area contributed by atoms with Crippen LogP contribution < -0.4 is 14.8 Å². The first kappa shape index (κ1) is 16.8. The molecule has 0 spiro atoms. The van der Waals surface area contributed by atoms with Crippen molar-refractivity contribution < 1.29 is 29.3 Å². The maximum absolute atomic E-state index is 11.9. The number of benzene rings is 1. The van der Waals surface area contributed by atoms with E-state index in [1.165, 1.54) is 14.2 Å². The summed E-state index contributed by atoms with van der Waals surface area (Å²) in [6.07, 6.45) is -0.0663. The number of hydrogen-bond acceptors (Lipinski definition) is 5. The highest BCUT2D eigenvalue weighted by Gasteiger charge is 2.20. The molecule has 0 heterocycles. The van der Waals surface area contributed by atoms with E-state index in [1.54, 1.807) is 18.2 Å². The topological polar surface area (TPSA) is 105 Å². The van der Waals surface area contributed by atoms with Crippen LogP contribution in [0.25, 0.3) is 0 Å². The lowest BCUT2D eigenvalue weighted by molar-refractivity contribution is -0.142. The van der Waals surface area contributed by atoms with Gasteiger partial charge >= 0.3 is 5.97 Å². The molecular formula is C14H19NO6. The number of carbonyl (C=O) groups excluding carboxylic acids is 1. The molecule has 0 saturated heterocycles. The quantitative estimate of drug-likeness (QED) is 0.633. The molecule has 0 aliphatic carbocycles. The van der Waals surface area contributed by atoms with Crippen molar-refractivity contribution in [2.24, 2.45) is 0 Å². The average Bonchev–Trinajstić information content (AvgIpc) is 2.47. The van der Waals surface area contributed by atoms with Crippen LogP contribution in [0.2, 0.25) is 0 Å². The standard InChI is InChI=1S/C14H19NO6/c1-20-10-4-3-9(12(8-10)21-2)7-13(17)15-11(5-6-16)14(18)19/h3-4,8,11,16H,5-7H2,1-2H3,(H,15,17)(H,18,19). The van der Waals surface area contributed by atoms with Crippen molar-refractivity contribution in [3.8, 4) is 11.5 Å². The fourth-order valence-corrected chi connectivity index (χ4v) is 1.80. The van der Waals surface area contributed by atoms with Crippen molar-refractivity contribution in [2.45, 2.75) is 18.9 Å². The molecule has 7 heteroatoms. The Morgan fingerprint density at radius 2 is 2.00 bits per heavy atom. The van der Waals surface area contributed by atoms with E-state index in [4.69, 9.17) is 19.7 Å². The Labute approximate surface area is 122 Å². The van der Waals surface area contributed by atoms with Crippen LogP contribution in [0.15, 0.2) is 18.2 Å². The molecule has 0 aliphatic heterocycles. The molecule has 1 unspecified atom stereocenters. The Hall–Kier alpha value is -2.28. The van der Waals surface area contributed by atoms with Gasteiger partial charge in [0.25, 0.3) is 0 Å². The molecule has 1 rings (SSSR count). The van der Waals surface area contributed by atoms with Crippen molar-refractivity contribution in [1.82, 2.24) is 5.32 Å². The summed E-state index contributed by atoms with van der Waals surface area (Å²) in [6.45, 7) is -0.316. The summed E-state index contributed by atoms with van der Waals surface area (Å²) in [5.41, 5.74) is 0.615. The third-order valence-electron chi connectivity index (χ3n) is 2.90. The summed E-state index contributed by atoms with van der Waals surface area (Å²) in [4.78, 5) is 22.8. The lowest BCUT2D eigenvalue weighted by Gasteiger charge is -2.14. The van der Waals surface area contributed by atoms with Crippen molar-refractivity contribution in [1.29, 1.82) is 0 Å². The number of carboxylic acid groups (broad SMARTS) is 1. The minimum absolute atomic E-state index is 0.0254. The van der Waals surface area contributed by atoms with E-state index in [9.17, 15) is 9.59 Å². The second-order valence-corrected chi connectivity index (χ2v) is 4.33. The number of ether oxygens (including phenoxy) is 2. The van der Waals surface area contributed by atoms with Gasteiger partial charge in [0.05, 0.1) is 20.6 Å². The molecule has 1 aromatic rings. The Bertz CT molecular complexity index is 502. The maximum Gasteiger partial charge on any atom is 0.326 e. The molecule has 0 radical (unpaired) electrons. The fraction of sp³-hybridized carbons (Fsp3) is 0.429. The third kappa shape index (κ3) is 4.96. The lowest BCUT2D eigenvalue weighted by atomic mass is 10.1. The molecule has 21 heavy (non-hydrogen) atoms. The van der Waals surface area contributed by atoms with E-state index in [2.05, 4.69) is 5.32 Å². The van der Waals surface area contributed by atoms with Crippen molar-refractivity contribution in [2.75, 3.05) is 20.8 Å². The molecule has 7 nitrogen and oxygen atoms in total. The number of methoxy groups -OCH3 is 2. The molecule has 0 bridgehead atoms. The van der Waals surface area contributed by atoms with Crippen LogP contribution in [0.1, 0.15) is 12.0 Å². The molecule has 1 atom stereocenters. The predicted molar refractivity (Wildman–Crippen MR) is 74.5 cm³/mol. The van der Waals surface area contributed by atoms with Gasteiger partial charge in [-0.1, -0.05) is 6.07 Å². The highest BCUT2D eigenvalue weighted by atomic mass is 16.5. The number of rotatable bonds is 8. The Balaban J connectivity index is 2.76. The smallest absolute Gasteiger partial charge is 0.326 e. The van der Waals surface area contributed by atoms with Gasteiger partial charge in [-0.15, -0.1) is 0 Å².